The molecule has 28 heavy (non-hydrogen) atoms. The van der Waals surface area contributed by atoms with Crippen LogP contribution in [0.5, 0.6) is 0 Å². The number of benzene rings is 1. The van der Waals surface area contributed by atoms with Crippen molar-refractivity contribution in [2.45, 2.75) is 30.6 Å². The zero-order valence-corrected chi connectivity index (χ0v) is 17.7. The molecule has 0 saturated carbocycles. The van der Waals surface area contributed by atoms with Gasteiger partial charge in [0.15, 0.2) is 0 Å². The van der Waals surface area contributed by atoms with Gasteiger partial charge in [0.05, 0.1) is 15.2 Å². The van der Waals surface area contributed by atoms with Gasteiger partial charge in [-0.2, -0.15) is 4.31 Å². The van der Waals surface area contributed by atoms with Crippen LogP contribution in [0.25, 0.3) is 10.2 Å². The molecule has 0 unspecified atom stereocenters. The predicted molar refractivity (Wildman–Crippen MR) is 113 cm³/mol. The Hall–Kier alpha value is -1.81. The number of nitrogens with one attached hydrogen (secondary N) is 1. The van der Waals surface area contributed by atoms with E-state index in [0.29, 0.717) is 26.1 Å². The number of amides is 1. The lowest BCUT2D eigenvalue weighted by Gasteiger charge is -2.25. The normalized spacial score (nSPS) is 15.7. The molecule has 4 rings (SSSR count). The minimum Gasteiger partial charge on any atom is -0.351 e. The van der Waals surface area contributed by atoms with Gasteiger partial charge in [0, 0.05) is 26.1 Å². The van der Waals surface area contributed by atoms with E-state index in [1.807, 2.05) is 24.3 Å². The summed E-state index contributed by atoms with van der Waals surface area (Å²) >= 11 is 2.78. The smallest absolute Gasteiger partial charge is 0.262 e. The summed E-state index contributed by atoms with van der Waals surface area (Å²) in [5, 5.41) is 5.47. The molecule has 0 spiro atoms. The van der Waals surface area contributed by atoms with E-state index in [4.69, 9.17) is 0 Å². The first kappa shape index (κ1) is 19.5. The minimum absolute atomic E-state index is 0.122. The monoisotopic (exact) mass is 435 g/mol. The number of thiophene rings is 1. The number of piperidine rings is 1. The van der Waals surface area contributed by atoms with Gasteiger partial charge in [0.1, 0.15) is 9.77 Å². The quantitative estimate of drug-likeness (QED) is 0.643. The summed E-state index contributed by atoms with van der Waals surface area (Å²) in [5.74, 6) is -0.341. The van der Waals surface area contributed by atoms with Crippen LogP contribution in [0, 0.1) is 0 Å². The molecule has 0 bridgehead atoms. The van der Waals surface area contributed by atoms with E-state index in [1.54, 1.807) is 16.7 Å². The second-order valence-electron chi connectivity index (χ2n) is 6.66. The molecule has 1 aromatic carbocycles. The fourth-order valence-electron chi connectivity index (χ4n) is 3.30. The van der Waals surface area contributed by atoms with Gasteiger partial charge in [0.2, 0.25) is 10.0 Å². The summed E-state index contributed by atoms with van der Waals surface area (Å²) in [6.45, 7) is 1.47. The summed E-state index contributed by atoms with van der Waals surface area (Å²) < 4.78 is 28.4. The molecule has 2 aromatic heterocycles. The standard InChI is InChI=1S/C19H21N3O3S3/c23-19(20-10-8-17-21-14-6-2-3-7-15(14)27-17)18-16(9-13-26-18)28(24,25)22-11-4-1-5-12-22/h2-3,6-7,9,13H,1,4-5,8,10-12H2,(H,20,23). The molecule has 1 saturated heterocycles. The van der Waals surface area contributed by atoms with Gasteiger partial charge in [-0.05, 0) is 36.4 Å². The van der Waals surface area contributed by atoms with Crippen LogP contribution in [0.4, 0.5) is 0 Å². The average molecular weight is 436 g/mol. The van der Waals surface area contributed by atoms with Crippen LogP contribution in [0.3, 0.4) is 0 Å². The van der Waals surface area contributed by atoms with Gasteiger partial charge in [0.25, 0.3) is 5.91 Å². The highest BCUT2D eigenvalue weighted by Crippen LogP contribution is 2.27. The molecule has 148 valence electrons. The van der Waals surface area contributed by atoms with Gasteiger partial charge in [-0.3, -0.25) is 4.79 Å². The largest absolute Gasteiger partial charge is 0.351 e. The highest BCUT2D eigenvalue weighted by atomic mass is 32.2. The number of nitrogens with zero attached hydrogens (tertiary/aromatic N) is 2. The molecule has 0 radical (unpaired) electrons. The Morgan fingerprint density at radius 3 is 2.71 bits per heavy atom. The number of sulfonamides is 1. The maximum absolute atomic E-state index is 12.9. The number of para-hydroxylation sites is 1. The molecular formula is C19H21N3O3S3. The molecule has 1 fully saturated rings. The van der Waals surface area contributed by atoms with Crippen LogP contribution in [0.2, 0.25) is 0 Å². The number of carbonyl (C=O) groups excluding carboxylic acids is 1. The number of carbonyl (C=O) groups is 1. The summed E-state index contributed by atoms with van der Waals surface area (Å²) in [6.07, 6.45) is 3.40. The van der Waals surface area contributed by atoms with Crippen molar-refractivity contribution >= 4 is 48.8 Å². The van der Waals surface area contributed by atoms with E-state index in [0.717, 1.165) is 34.5 Å². The van der Waals surface area contributed by atoms with Gasteiger partial charge in [-0.25, -0.2) is 13.4 Å². The first-order valence-electron chi connectivity index (χ1n) is 9.26. The third-order valence-corrected chi connectivity index (χ3v) is 8.81. The molecule has 1 aliphatic heterocycles. The Kier molecular flexibility index (Phi) is 5.77. The van der Waals surface area contributed by atoms with Crippen LogP contribution in [0.1, 0.15) is 33.9 Å². The first-order valence-corrected chi connectivity index (χ1v) is 12.4. The van der Waals surface area contributed by atoms with Gasteiger partial charge < -0.3 is 5.32 Å². The van der Waals surface area contributed by atoms with Crippen LogP contribution in [-0.2, 0) is 16.4 Å². The van der Waals surface area contributed by atoms with E-state index in [2.05, 4.69) is 10.3 Å². The number of thiazole rings is 1. The second-order valence-corrected chi connectivity index (χ2v) is 10.6. The van der Waals surface area contributed by atoms with Crippen LogP contribution >= 0.6 is 22.7 Å². The van der Waals surface area contributed by atoms with E-state index < -0.39 is 10.0 Å². The van der Waals surface area contributed by atoms with Crippen molar-refractivity contribution in [2.75, 3.05) is 19.6 Å². The third kappa shape index (κ3) is 3.98. The van der Waals surface area contributed by atoms with Gasteiger partial charge in [-0.1, -0.05) is 18.6 Å². The topological polar surface area (TPSA) is 79.4 Å². The van der Waals surface area contributed by atoms with Crippen molar-refractivity contribution < 1.29 is 13.2 Å². The van der Waals surface area contributed by atoms with E-state index >= 15 is 0 Å². The fourth-order valence-corrected chi connectivity index (χ4v) is 7.10. The molecule has 1 aliphatic rings. The number of aromatic nitrogens is 1. The summed E-state index contributed by atoms with van der Waals surface area (Å²) in [5.41, 5.74) is 0.960. The molecule has 3 heterocycles. The molecule has 0 atom stereocenters. The fraction of sp³-hybridized carbons (Fsp3) is 0.368. The minimum atomic E-state index is -3.62. The van der Waals surface area contributed by atoms with E-state index in [1.165, 1.54) is 21.7 Å². The van der Waals surface area contributed by atoms with Crippen LogP contribution in [-0.4, -0.2) is 43.2 Å². The Morgan fingerprint density at radius 1 is 1.14 bits per heavy atom. The van der Waals surface area contributed by atoms with E-state index in [-0.39, 0.29) is 15.7 Å². The SMILES string of the molecule is O=C(NCCc1nc2ccccc2s1)c1sccc1S(=O)(=O)N1CCCCC1. The van der Waals surface area contributed by atoms with Crippen molar-refractivity contribution in [1.82, 2.24) is 14.6 Å². The Balaban J connectivity index is 1.42. The van der Waals surface area contributed by atoms with Crippen molar-refractivity contribution in [3.63, 3.8) is 0 Å². The van der Waals surface area contributed by atoms with Crippen molar-refractivity contribution in [3.8, 4) is 0 Å². The number of hydrogen-bond donors (Lipinski definition) is 1. The first-order chi connectivity index (χ1) is 13.6. The zero-order chi connectivity index (χ0) is 19.6. The highest BCUT2D eigenvalue weighted by Gasteiger charge is 2.30. The molecule has 1 amide bonds. The van der Waals surface area contributed by atoms with Gasteiger partial charge in [-0.15, -0.1) is 22.7 Å². The van der Waals surface area contributed by atoms with Crippen LogP contribution in [0.15, 0.2) is 40.6 Å². The average Bonchev–Trinajstić information content (AvgIpc) is 3.35. The number of rotatable bonds is 6. The Bertz CT molecular complexity index is 1050. The lowest BCUT2D eigenvalue weighted by atomic mass is 10.2. The molecule has 0 aliphatic carbocycles. The number of hydrogen-bond acceptors (Lipinski definition) is 6. The Morgan fingerprint density at radius 2 is 1.93 bits per heavy atom. The van der Waals surface area contributed by atoms with Crippen molar-refractivity contribution in [3.05, 3.63) is 45.6 Å². The molecule has 6 nitrogen and oxygen atoms in total. The summed E-state index contributed by atoms with van der Waals surface area (Å²) in [4.78, 5) is 17.6. The predicted octanol–water partition coefficient (Wildman–Crippen LogP) is 3.50. The van der Waals surface area contributed by atoms with Crippen LogP contribution < -0.4 is 5.32 Å². The lowest BCUT2D eigenvalue weighted by Crippen LogP contribution is -2.36. The summed E-state index contributed by atoms with van der Waals surface area (Å²) in [6, 6.07) is 9.47. The molecule has 3 aromatic rings. The molecular weight excluding hydrogens is 414 g/mol. The second kappa shape index (κ2) is 8.28. The molecule has 9 heteroatoms. The lowest BCUT2D eigenvalue weighted by molar-refractivity contribution is 0.0955. The van der Waals surface area contributed by atoms with Crippen molar-refractivity contribution in [1.29, 1.82) is 0 Å². The molecule has 1 N–H and O–H groups in total. The Labute approximate surface area is 172 Å². The maximum Gasteiger partial charge on any atom is 0.262 e. The highest BCUT2D eigenvalue weighted by molar-refractivity contribution is 7.89. The number of fused-ring (bicyclic) bond motifs is 1. The zero-order valence-electron chi connectivity index (χ0n) is 15.3. The maximum atomic E-state index is 12.9. The van der Waals surface area contributed by atoms with Crippen molar-refractivity contribution in [2.24, 2.45) is 0 Å². The third-order valence-electron chi connectivity index (χ3n) is 4.73. The summed E-state index contributed by atoms with van der Waals surface area (Å²) in [7, 11) is -3.62. The van der Waals surface area contributed by atoms with Gasteiger partial charge >= 0.3 is 0 Å². The van der Waals surface area contributed by atoms with E-state index in [9.17, 15) is 13.2 Å².